The van der Waals surface area contributed by atoms with Crippen LogP contribution in [0.1, 0.15) is 23.7 Å². The molecule has 9 nitrogen and oxygen atoms in total. The molecule has 186 valence electrons. The van der Waals surface area contributed by atoms with Crippen LogP contribution in [0, 0.1) is 0 Å². The third kappa shape index (κ3) is 4.16. The molecule has 0 aliphatic carbocycles. The highest BCUT2D eigenvalue weighted by atomic mass is 19.3. The summed E-state index contributed by atoms with van der Waals surface area (Å²) >= 11 is 0. The molecule has 1 atom stereocenters. The Kier molecular flexibility index (Phi) is 6.10. The van der Waals surface area contributed by atoms with E-state index >= 15 is 0 Å². The summed E-state index contributed by atoms with van der Waals surface area (Å²) in [5.41, 5.74) is 0.823. The van der Waals surface area contributed by atoms with Gasteiger partial charge in [-0.15, -0.1) is 6.58 Å². The van der Waals surface area contributed by atoms with Crippen molar-refractivity contribution in [2.24, 2.45) is 0 Å². The van der Waals surface area contributed by atoms with Crippen molar-refractivity contribution < 1.29 is 13.9 Å². The third-order valence-electron chi connectivity index (χ3n) is 6.26. The summed E-state index contributed by atoms with van der Waals surface area (Å²) < 4.78 is 29.8. The minimum atomic E-state index is -3.05. The molecule has 0 radical (unpaired) electrons. The van der Waals surface area contributed by atoms with Crippen molar-refractivity contribution in [1.29, 1.82) is 0 Å². The van der Waals surface area contributed by atoms with Crippen molar-refractivity contribution in [2.45, 2.75) is 38.5 Å². The number of anilines is 2. The maximum atomic E-state index is 13.5. The third-order valence-corrected chi connectivity index (χ3v) is 6.26. The molecule has 36 heavy (non-hydrogen) atoms. The summed E-state index contributed by atoms with van der Waals surface area (Å²) in [6.07, 6.45) is 2.19. The van der Waals surface area contributed by atoms with Gasteiger partial charge in [-0.1, -0.05) is 12.1 Å². The number of aromatic nitrogens is 5. The zero-order valence-corrected chi connectivity index (χ0v) is 19.6. The molecule has 1 aliphatic heterocycles. The summed E-state index contributed by atoms with van der Waals surface area (Å²) in [5.74, 6) is 0.268. The molecule has 1 aliphatic rings. The number of rotatable bonds is 7. The second-order valence-corrected chi connectivity index (χ2v) is 8.80. The number of halogens is 2. The van der Waals surface area contributed by atoms with E-state index in [-0.39, 0.29) is 34.8 Å². The Morgan fingerprint density at radius 3 is 2.89 bits per heavy atom. The number of hydrogen-bond donors (Lipinski definition) is 3. The molecule has 0 amide bonds. The normalized spacial score (nSPS) is 15.0. The van der Waals surface area contributed by atoms with E-state index in [0.717, 1.165) is 32.1 Å². The lowest BCUT2D eigenvalue weighted by atomic mass is 10.0. The van der Waals surface area contributed by atoms with Gasteiger partial charge in [0.2, 0.25) is 5.95 Å². The van der Waals surface area contributed by atoms with Crippen molar-refractivity contribution in [3.63, 3.8) is 0 Å². The predicted molar refractivity (Wildman–Crippen MR) is 132 cm³/mol. The second kappa shape index (κ2) is 9.25. The van der Waals surface area contributed by atoms with E-state index in [0.29, 0.717) is 5.69 Å². The smallest absolute Gasteiger partial charge is 0.278 e. The number of aliphatic hydroxyl groups is 1. The Labute approximate surface area is 205 Å². The summed E-state index contributed by atoms with van der Waals surface area (Å²) in [7, 11) is 0. The van der Waals surface area contributed by atoms with Crippen molar-refractivity contribution in [3.05, 3.63) is 82.6 Å². The number of pyridine rings is 1. The Morgan fingerprint density at radius 1 is 1.28 bits per heavy atom. The molecule has 3 N–H and O–H groups in total. The van der Waals surface area contributed by atoms with Gasteiger partial charge in [-0.2, -0.15) is 4.98 Å². The molecule has 4 aromatic rings. The molecule has 3 aromatic heterocycles. The van der Waals surface area contributed by atoms with Crippen molar-refractivity contribution in [2.75, 3.05) is 11.9 Å². The first-order valence-corrected chi connectivity index (χ1v) is 11.5. The predicted octanol–water partition coefficient (Wildman–Crippen LogP) is 3.03. The molecule has 4 heterocycles. The van der Waals surface area contributed by atoms with Crippen LogP contribution in [-0.4, -0.2) is 42.4 Å². The van der Waals surface area contributed by atoms with Crippen LogP contribution in [0.25, 0.3) is 16.7 Å². The first-order chi connectivity index (χ1) is 17.3. The van der Waals surface area contributed by atoms with Crippen molar-refractivity contribution in [1.82, 2.24) is 29.6 Å². The number of alkyl halides is 2. The van der Waals surface area contributed by atoms with Gasteiger partial charge in [0.1, 0.15) is 5.39 Å². The zero-order chi connectivity index (χ0) is 25.4. The van der Waals surface area contributed by atoms with Crippen molar-refractivity contribution >= 4 is 22.7 Å². The molecule has 0 fully saturated rings. The zero-order valence-electron chi connectivity index (χ0n) is 19.6. The maximum absolute atomic E-state index is 13.5. The van der Waals surface area contributed by atoms with E-state index in [1.165, 1.54) is 39.0 Å². The van der Waals surface area contributed by atoms with Gasteiger partial charge in [0.25, 0.3) is 12.0 Å². The molecule has 0 saturated carbocycles. The van der Waals surface area contributed by atoms with Crippen LogP contribution in [0.5, 0.6) is 0 Å². The molecule has 0 spiro atoms. The fourth-order valence-corrected chi connectivity index (χ4v) is 4.27. The van der Waals surface area contributed by atoms with Crippen LogP contribution in [0.2, 0.25) is 0 Å². The van der Waals surface area contributed by atoms with Gasteiger partial charge in [0, 0.05) is 24.6 Å². The molecule has 0 bridgehead atoms. The molecule has 11 heteroatoms. The molecule has 1 unspecified atom stereocenters. The lowest BCUT2D eigenvalue weighted by Gasteiger charge is -2.22. The van der Waals surface area contributed by atoms with Crippen LogP contribution < -0.4 is 16.2 Å². The quantitative estimate of drug-likeness (QED) is 0.340. The van der Waals surface area contributed by atoms with Gasteiger partial charge in [0.15, 0.2) is 11.2 Å². The highest BCUT2D eigenvalue weighted by Crippen LogP contribution is 2.28. The Balaban J connectivity index is 1.62. The summed E-state index contributed by atoms with van der Waals surface area (Å²) in [4.78, 5) is 26.0. The fourth-order valence-electron chi connectivity index (χ4n) is 4.27. The fraction of sp³-hybridized carbons (Fsp3) is 0.280. The summed E-state index contributed by atoms with van der Waals surface area (Å²) in [5, 5.41) is 17.1. The van der Waals surface area contributed by atoms with Crippen LogP contribution in [0.4, 0.5) is 20.4 Å². The molecule has 1 aromatic carbocycles. The maximum Gasteiger partial charge on any atom is 0.278 e. The van der Waals surface area contributed by atoms with Crippen LogP contribution in [0.15, 0.2) is 60.2 Å². The highest BCUT2D eigenvalue weighted by Gasteiger charge is 2.36. The minimum Gasteiger partial charge on any atom is -0.378 e. The Hall–Kier alpha value is -3.96. The molecular formula is C25H25F2N7O2. The number of hydrogen-bond acceptors (Lipinski definition) is 7. The number of nitrogens with zero attached hydrogens (tertiary/aromatic N) is 5. The number of benzene rings is 1. The van der Waals surface area contributed by atoms with Gasteiger partial charge in [-0.3, -0.25) is 9.78 Å². The van der Waals surface area contributed by atoms with Crippen LogP contribution >= 0.6 is 0 Å². The number of fused-ring (bicyclic) bond motifs is 2. The molecule has 0 saturated heterocycles. The Bertz CT molecular complexity index is 1510. The topological polar surface area (TPSA) is 110 Å². The minimum absolute atomic E-state index is 0.138. The Morgan fingerprint density at radius 2 is 2.11 bits per heavy atom. The van der Waals surface area contributed by atoms with Gasteiger partial charge in [0.05, 0.1) is 17.9 Å². The van der Waals surface area contributed by atoms with Crippen molar-refractivity contribution in [3.8, 4) is 5.69 Å². The van der Waals surface area contributed by atoms with E-state index in [1.54, 1.807) is 12.1 Å². The van der Waals surface area contributed by atoms with Crippen LogP contribution in [-0.2, 0) is 25.1 Å². The second-order valence-electron chi connectivity index (χ2n) is 8.80. The first-order valence-electron chi connectivity index (χ1n) is 11.5. The van der Waals surface area contributed by atoms with E-state index in [4.69, 9.17) is 0 Å². The van der Waals surface area contributed by atoms with Gasteiger partial charge >= 0.3 is 0 Å². The lowest BCUT2D eigenvalue weighted by molar-refractivity contribution is -0.0910. The van der Waals surface area contributed by atoms with E-state index in [9.17, 15) is 18.7 Å². The standard InChI is InChI=1S/C25H25F2N7O2/c1-3-10-33-22(35)19-14-30-24(31-17-5-4-15-6-8-28-13-16(15)11-17)32-21(19)34(33)18-7-9-29-20(12-18)25(2,36)23(26)27/h3-5,7,9,11-12,14,23,28,36H,1,6,8,10,13H2,2H3,(H,30,31,32). The highest BCUT2D eigenvalue weighted by molar-refractivity contribution is 5.77. The summed E-state index contributed by atoms with van der Waals surface area (Å²) in [6, 6.07) is 8.92. The van der Waals surface area contributed by atoms with E-state index in [1.807, 2.05) is 12.1 Å². The molecule has 5 rings (SSSR count). The average Bonchev–Trinajstić information content (AvgIpc) is 3.15. The first kappa shape index (κ1) is 23.8. The van der Waals surface area contributed by atoms with Crippen LogP contribution in [0.3, 0.4) is 0 Å². The molecular weight excluding hydrogens is 468 g/mol. The van der Waals surface area contributed by atoms with Gasteiger partial charge in [-0.25, -0.2) is 23.1 Å². The average molecular weight is 494 g/mol. The SMILES string of the molecule is C=CCn1c(=O)c2cnc(Nc3ccc4c(c3)CNCC4)nc2n1-c1ccnc(C(C)(O)C(F)F)c1. The lowest BCUT2D eigenvalue weighted by Crippen LogP contribution is -2.31. The number of allylic oxidation sites excluding steroid dienone is 1. The van der Waals surface area contributed by atoms with Gasteiger partial charge in [-0.05, 0) is 55.3 Å². The number of nitrogens with one attached hydrogen (secondary N) is 2. The monoisotopic (exact) mass is 493 g/mol. The largest absolute Gasteiger partial charge is 0.378 e. The van der Waals surface area contributed by atoms with Gasteiger partial charge < -0.3 is 15.7 Å². The van der Waals surface area contributed by atoms with E-state index < -0.39 is 12.0 Å². The van der Waals surface area contributed by atoms with E-state index in [2.05, 4.69) is 38.2 Å². The summed E-state index contributed by atoms with van der Waals surface area (Å²) in [6.45, 7) is 6.57.